The van der Waals surface area contributed by atoms with E-state index in [9.17, 15) is 8.42 Å². The summed E-state index contributed by atoms with van der Waals surface area (Å²) in [7, 11) is -3.21. The molecule has 0 saturated carbocycles. The van der Waals surface area contributed by atoms with Crippen LogP contribution in [0.2, 0.25) is 0 Å². The van der Waals surface area contributed by atoms with Gasteiger partial charge in [0.25, 0.3) is 0 Å². The number of hydrogen-bond donors (Lipinski definition) is 2. The molecule has 0 aliphatic rings. The van der Waals surface area contributed by atoms with Gasteiger partial charge in [-0.15, -0.1) is 0 Å². The van der Waals surface area contributed by atoms with Gasteiger partial charge in [-0.05, 0) is 25.0 Å². The van der Waals surface area contributed by atoms with Crippen LogP contribution in [0.1, 0.15) is 38.3 Å². The van der Waals surface area contributed by atoms with Crippen LogP contribution in [0.5, 0.6) is 0 Å². The summed E-state index contributed by atoms with van der Waals surface area (Å²) in [6.45, 7) is 3.77. The SMILES string of the molecule is CCCCS(=O)(=O)NC(C)c1ccccc1N. The van der Waals surface area contributed by atoms with Gasteiger partial charge in [0.05, 0.1) is 5.75 Å². The van der Waals surface area contributed by atoms with Crippen LogP contribution in [0, 0.1) is 0 Å². The van der Waals surface area contributed by atoms with Crippen molar-refractivity contribution in [2.45, 2.75) is 32.7 Å². The van der Waals surface area contributed by atoms with Gasteiger partial charge in [-0.1, -0.05) is 31.5 Å². The molecule has 0 fully saturated rings. The zero-order chi connectivity index (χ0) is 12.9. The molecule has 1 unspecified atom stereocenters. The van der Waals surface area contributed by atoms with Crippen molar-refractivity contribution in [2.24, 2.45) is 0 Å². The molecule has 1 aromatic rings. The molecule has 0 aromatic heterocycles. The van der Waals surface area contributed by atoms with Crippen molar-refractivity contribution in [3.8, 4) is 0 Å². The molecule has 96 valence electrons. The molecule has 0 aliphatic heterocycles. The number of rotatable bonds is 6. The number of hydrogen-bond acceptors (Lipinski definition) is 3. The monoisotopic (exact) mass is 256 g/mol. The normalized spacial score (nSPS) is 13.5. The summed E-state index contributed by atoms with van der Waals surface area (Å²) in [5.41, 5.74) is 7.23. The standard InChI is InChI=1S/C12H20N2O2S/c1-3-4-9-17(15,16)14-10(2)11-7-5-6-8-12(11)13/h5-8,10,14H,3-4,9,13H2,1-2H3. The molecule has 0 heterocycles. The average molecular weight is 256 g/mol. The van der Waals surface area contributed by atoms with Gasteiger partial charge >= 0.3 is 0 Å². The lowest BCUT2D eigenvalue weighted by atomic mass is 10.1. The molecule has 1 rings (SSSR count). The minimum atomic E-state index is -3.21. The fraction of sp³-hybridized carbons (Fsp3) is 0.500. The summed E-state index contributed by atoms with van der Waals surface area (Å²) in [5, 5.41) is 0. The third kappa shape index (κ3) is 4.36. The van der Waals surface area contributed by atoms with E-state index in [1.165, 1.54) is 0 Å². The third-order valence-electron chi connectivity index (χ3n) is 2.59. The highest BCUT2D eigenvalue weighted by Crippen LogP contribution is 2.20. The second kappa shape index (κ2) is 6.02. The highest BCUT2D eigenvalue weighted by atomic mass is 32.2. The van der Waals surface area contributed by atoms with Crippen LogP contribution in [0.3, 0.4) is 0 Å². The maximum absolute atomic E-state index is 11.7. The first kappa shape index (κ1) is 14.0. The van der Waals surface area contributed by atoms with Gasteiger partial charge in [0.2, 0.25) is 10.0 Å². The zero-order valence-electron chi connectivity index (χ0n) is 10.3. The quantitative estimate of drug-likeness (QED) is 0.765. The van der Waals surface area contributed by atoms with E-state index < -0.39 is 10.0 Å². The molecule has 17 heavy (non-hydrogen) atoms. The molecule has 5 heteroatoms. The smallest absolute Gasteiger partial charge is 0.212 e. The van der Waals surface area contributed by atoms with Crippen molar-refractivity contribution in [2.75, 3.05) is 11.5 Å². The molecule has 1 atom stereocenters. The molecular formula is C12H20N2O2S. The van der Waals surface area contributed by atoms with Crippen LogP contribution in [0.15, 0.2) is 24.3 Å². The van der Waals surface area contributed by atoms with Crippen molar-refractivity contribution in [1.82, 2.24) is 4.72 Å². The van der Waals surface area contributed by atoms with Gasteiger partial charge in [-0.25, -0.2) is 13.1 Å². The number of para-hydroxylation sites is 1. The van der Waals surface area contributed by atoms with E-state index in [2.05, 4.69) is 4.72 Å². The predicted octanol–water partition coefficient (Wildman–Crippen LogP) is 2.05. The number of nitrogens with two attached hydrogens (primary N) is 1. The summed E-state index contributed by atoms with van der Waals surface area (Å²) in [4.78, 5) is 0. The minimum Gasteiger partial charge on any atom is -0.398 e. The third-order valence-corrected chi connectivity index (χ3v) is 4.12. The number of sulfonamides is 1. The van der Waals surface area contributed by atoms with Crippen molar-refractivity contribution < 1.29 is 8.42 Å². The van der Waals surface area contributed by atoms with E-state index in [0.717, 1.165) is 12.0 Å². The molecular weight excluding hydrogens is 236 g/mol. The topological polar surface area (TPSA) is 72.2 Å². The van der Waals surface area contributed by atoms with E-state index in [1.807, 2.05) is 25.1 Å². The zero-order valence-corrected chi connectivity index (χ0v) is 11.1. The van der Waals surface area contributed by atoms with Crippen LogP contribution in [-0.4, -0.2) is 14.2 Å². The molecule has 0 amide bonds. The number of nitrogens with one attached hydrogen (secondary N) is 1. The number of benzene rings is 1. The van der Waals surface area contributed by atoms with Gasteiger partial charge in [0.15, 0.2) is 0 Å². The van der Waals surface area contributed by atoms with Crippen molar-refractivity contribution in [1.29, 1.82) is 0 Å². The Morgan fingerprint density at radius 2 is 2.00 bits per heavy atom. The molecule has 0 radical (unpaired) electrons. The van der Waals surface area contributed by atoms with Gasteiger partial charge in [0.1, 0.15) is 0 Å². The fourth-order valence-corrected chi connectivity index (χ4v) is 3.08. The highest BCUT2D eigenvalue weighted by molar-refractivity contribution is 7.89. The lowest BCUT2D eigenvalue weighted by molar-refractivity contribution is 0.564. The Labute approximate surface area is 103 Å². The van der Waals surface area contributed by atoms with Gasteiger partial charge in [-0.3, -0.25) is 0 Å². The van der Waals surface area contributed by atoms with Gasteiger partial charge < -0.3 is 5.73 Å². The average Bonchev–Trinajstić information content (AvgIpc) is 2.26. The highest BCUT2D eigenvalue weighted by Gasteiger charge is 2.16. The van der Waals surface area contributed by atoms with Crippen LogP contribution >= 0.6 is 0 Å². The van der Waals surface area contributed by atoms with E-state index >= 15 is 0 Å². The molecule has 0 aliphatic carbocycles. The lowest BCUT2D eigenvalue weighted by Crippen LogP contribution is -2.29. The summed E-state index contributed by atoms with van der Waals surface area (Å²) < 4.78 is 26.1. The Morgan fingerprint density at radius 3 is 2.59 bits per heavy atom. The molecule has 0 bridgehead atoms. The molecule has 3 N–H and O–H groups in total. The van der Waals surface area contributed by atoms with E-state index in [4.69, 9.17) is 5.73 Å². The van der Waals surface area contributed by atoms with Gasteiger partial charge in [-0.2, -0.15) is 0 Å². The lowest BCUT2D eigenvalue weighted by Gasteiger charge is -2.16. The summed E-state index contributed by atoms with van der Waals surface area (Å²) in [6.07, 6.45) is 1.54. The first-order chi connectivity index (χ1) is 7.96. The summed E-state index contributed by atoms with van der Waals surface area (Å²) >= 11 is 0. The van der Waals surface area contributed by atoms with Crippen LogP contribution in [0.4, 0.5) is 5.69 Å². The fourth-order valence-electron chi connectivity index (χ4n) is 1.63. The van der Waals surface area contributed by atoms with Crippen LogP contribution < -0.4 is 10.5 Å². The Bertz CT molecular complexity index is 457. The molecule has 0 saturated heterocycles. The largest absolute Gasteiger partial charge is 0.398 e. The molecule has 0 spiro atoms. The van der Waals surface area contributed by atoms with Crippen molar-refractivity contribution >= 4 is 15.7 Å². The van der Waals surface area contributed by atoms with Crippen LogP contribution in [0.25, 0.3) is 0 Å². The Kier molecular flexibility index (Phi) is 4.96. The Morgan fingerprint density at radius 1 is 1.35 bits per heavy atom. The van der Waals surface area contributed by atoms with E-state index in [1.54, 1.807) is 13.0 Å². The summed E-state index contributed by atoms with van der Waals surface area (Å²) in [6, 6.07) is 6.99. The minimum absolute atomic E-state index is 0.167. The maximum atomic E-state index is 11.7. The Balaban J connectivity index is 2.73. The number of nitrogen functional groups attached to an aromatic ring is 1. The van der Waals surface area contributed by atoms with Gasteiger partial charge in [0, 0.05) is 11.7 Å². The maximum Gasteiger partial charge on any atom is 0.212 e. The van der Waals surface area contributed by atoms with E-state index in [-0.39, 0.29) is 11.8 Å². The van der Waals surface area contributed by atoms with Crippen LogP contribution in [-0.2, 0) is 10.0 Å². The Hall–Kier alpha value is -1.07. The van der Waals surface area contributed by atoms with Crippen molar-refractivity contribution in [3.05, 3.63) is 29.8 Å². The number of unbranched alkanes of at least 4 members (excludes halogenated alkanes) is 1. The second-order valence-corrected chi connectivity index (χ2v) is 6.01. The van der Waals surface area contributed by atoms with E-state index in [0.29, 0.717) is 12.1 Å². The predicted molar refractivity (Wildman–Crippen MR) is 71.1 cm³/mol. The second-order valence-electron chi connectivity index (χ2n) is 4.14. The first-order valence-corrected chi connectivity index (χ1v) is 7.46. The molecule has 1 aromatic carbocycles. The molecule has 4 nitrogen and oxygen atoms in total. The summed E-state index contributed by atoms with van der Waals surface area (Å²) in [5.74, 6) is 0.167. The van der Waals surface area contributed by atoms with Crippen molar-refractivity contribution in [3.63, 3.8) is 0 Å². The number of anilines is 1. The first-order valence-electron chi connectivity index (χ1n) is 5.80.